The van der Waals surface area contributed by atoms with Gasteiger partial charge in [-0.2, -0.15) is 0 Å². The number of ether oxygens (including phenoxy) is 2. The van der Waals surface area contributed by atoms with Crippen LogP contribution in [-0.2, 0) is 14.3 Å². The van der Waals surface area contributed by atoms with Crippen LogP contribution in [0.2, 0.25) is 0 Å². The van der Waals surface area contributed by atoms with Crippen molar-refractivity contribution in [3.8, 4) is 0 Å². The van der Waals surface area contributed by atoms with Gasteiger partial charge in [-0.05, 0) is 20.8 Å². The molecule has 110 valence electrons. The van der Waals surface area contributed by atoms with Crippen LogP contribution in [0.15, 0.2) is 5.16 Å². The Kier molecular flexibility index (Phi) is 5.60. The number of oxime groups is 1. The van der Waals surface area contributed by atoms with Crippen LogP contribution in [-0.4, -0.2) is 56.2 Å². The molecule has 6 heteroatoms. The molecule has 0 aromatic heterocycles. The van der Waals surface area contributed by atoms with Gasteiger partial charge in [0.15, 0.2) is 0 Å². The van der Waals surface area contributed by atoms with Gasteiger partial charge in [-0.1, -0.05) is 5.16 Å². The molecule has 1 rings (SSSR count). The van der Waals surface area contributed by atoms with E-state index in [1.807, 2.05) is 20.8 Å². The fourth-order valence-electron chi connectivity index (χ4n) is 2.00. The fourth-order valence-corrected chi connectivity index (χ4v) is 2.00. The Morgan fingerprint density at radius 3 is 2.63 bits per heavy atom. The van der Waals surface area contributed by atoms with E-state index in [-0.39, 0.29) is 12.0 Å². The maximum absolute atomic E-state index is 12.0. The second kappa shape index (κ2) is 6.75. The largest absolute Gasteiger partial charge is 0.444 e. The second-order valence-corrected chi connectivity index (χ2v) is 5.59. The molecule has 1 heterocycles. The molecule has 0 spiro atoms. The van der Waals surface area contributed by atoms with Crippen LogP contribution in [0, 0.1) is 5.92 Å². The number of hydrogen-bond acceptors (Lipinski definition) is 5. The van der Waals surface area contributed by atoms with Gasteiger partial charge in [0.25, 0.3) is 0 Å². The molecule has 0 N–H and O–H groups in total. The smallest absolute Gasteiger partial charge is 0.410 e. The highest BCUT2D eigenvalue weighted by molar-refractivity contribution is 5.88. The summed E-state index contributed by atoms with van der Waals surface area (Å²) in [6, 6.07) is 0. The lowest BCUT2D eigenvalue weighted by atomic mass is 9.97. The Labute approximate surface area is 114 Å². The van der Waals surface area contributed by atoms with Crippen LogP contribution >= 0.6 is 0 Å². The van der Waals surface area contributed by atoms with Gasteiger partial charge in [-0.15, -0.1) is 0 Å². The molecular formula is C13H24N2O4. The Morgan fingerprint density at radius 1 is 1.42 bits per heavy atom. The van der Waals surface area contributed by atoms with Gasteiger partial charge in [0.2, 0.25) is 0 Å². The monoisotopic (exact) mass is 272 g/mol. The van der Waals surface area contributed by atoms with Gasteiger partial charge in [0.1, 0.15) is 12.7 Å². The van der Waals surface area contributed by atoms with Crippen molar-refractivity contribution in [1.29, 1.82) is 0 Å². The number of carbonyl (C=O) groups is 1. The minimum absolute atomic E-state index is 0.0613. The molecule has 1 aliphatic rings. The van der Waals surface area contributed by atoms with Crippen LogP contribution in [0.5, 0.6) is 0 Å². The van der Waals surface area contributed by atoms with Crippen molar-refractivity contribution >= 4 is 11.8 Å². The number of rotatable bonds is 3. The molecule has 0 bridgehead atoms. The summed E-state index contributed by atoms with van der Waals surface area (Å²) >= 11 is 0. The van der Waals surface area contributed by atoms with E-state index in [1.54, 1.807) is 12.0 Å². The quantitative estimate of drug-likeness (QED) is 0.736. The SMILES string of the molecule is COCC1CN(C(=O)OC(C)(C)C)CCC1=NOC. The highest BCUT2D eigenvalue weighted by atomic mass is 16.6. The van der Waals surface area contributed by atoms with Crippen LogP contribution in [0.25, 0.3) is 0 Å². The molecule has 6 nitrogen and oxygen atoms in total. The number of methoxy groups -OCH3 is 1. The minimum Gasteiger partial charge on any atom is -0.444 e. The molecule has 1 aliphatic heterocycles. The van der Waals surface area contributed by atoms with Gasteiger partial charge in [0.05, 0.1) is 12.3 Å². The zero-order valence-corrected chi connectivity index (χ0v) is 12.4. The van der Waals surface area contributed by atoms with E-state index in [1.165, 1.54) is 7.11 Å². The Bertz CT molecular complexity index is 336. The summed E-state index contributed by atoms with van der Waals surface area (Å²) in [5.41, 5.74) is 0.457. The summed E-state index contributed by atoms with van der Waals surface area (Å²) in [5.74, 6) is 0.0613. The summed E-state index contributed by atoms with van der Waals surface area (Å²) in [4.78, 5) is 18.5. The Hall–Kier alpha value is -1.30. The first-order chi connectivity index (χ1) is 8.87. The summed E-state index contributed by atoms with van der Waals surface area (Å²) in [6.07, 6.45) is 0.395. The third-order valence-electron chi connectivity index (χ3n) is 2.78. The Balaban J connectivity index is 2.65. The highest BCUT2D eigenvalue weighted by Gasteiger charge is 2.31. The predicted molar refractivity (Wildman–Crippen MR) is 72.2 cm³/mol. The van der Waals surface area contributed by atoms with Crippen molar-refractivity contribution < 1.29 is 19.1 Å². The molecule has 1 amide bonds. The summed E-state index contributed by atoms with van der Waals surface area (Å²) < 4.78 is 10.5. The van der Waals surface area contributed by atoms with E-state index < -0.39 is 5.60 Å². The first-order valence-corrected chi connectivity index (χ1v) is 6.44. The summed E-state index contributed by atoms with van der Waals surface area (Å²) in [6.45, 7) is 7.24. The van der Waals surface area contributed by atoms with Gasteiger partial charge >= 0.3 is 6.09 Å². The van der Waals surface area contributed by atoms with Gasteiger partial charge < -0.3 is 19.2 Å². The standard InChI is InChI=1S/C13H24N2O4/c1-13(2,3)19-12(16)15-7-6-11(14-18-5)10(8-15)9-17-4/h10H,6-9H2,1-5H3. The van der Waals surface area contributed by atoms with Crippen molar-refractivity contribution in [2.75, 3.05) is 33.9 Å². The molecule has 1 saturated heterocycles. The molecule has 0 saturated carbocycles. The van der Waals surface area contributed by atoms with Crippen LogP contribution in [0.1, 0.15) is 27.2 Å². The third kappa shape index (κ3) is 5.06. The van der Waals surface area contributed by atoms with Crippen LogP contribution in [0.4, 0.5) is 4.79 Å². The maximum atomic E-state index is 12.0. The molecule has 0 aliphatic carbocycles. The molecule has 1 atom stereocenters. The first kappa shape index (κ1) is 15.8. The van der Waals surface area contributed by atoms with Gasteiger partial charge in [0, 0.05) is 32.5 Å². The fraction of sp³-hybridized carbons (Fsp3) is 0.846. The lowest BCUT2D eigenvalue weighted by molar-refractivity contribution is 0.0194. The topological polar surface area (TPSA) is 60.4 Å². The number of amides is 1. The number of likely N-dealkylation sites (tertiary alicyclic amines) is 1. The van der Waals surface area contributed by atoms with Crippen molar-refractivity contribution in [3.05, 3.63) is 0 Å². The Morgan fingerprint density at radius 2 is 2.11 bits per heavy atom. The molecule has 19 heavy (non-hydrogen) atoms. The van der Waals surface area contributed by atoms with Crippen molar-refractivity contribution in [2.45, 2.75) is 32.8 Å². The average molecular weight is 272 g/mol. The van der Waals surface area contributed by atoms with Crippen LogP contribution in [0.3, 0.4) is 0 Å². The first-order valence-electron chi connectivity index (χ1n) is 6.44. The zero-order valence-electron chi connectivity index (χ0n) is 12.4. The maximum Gasteiger partial charge on any atom is 0.410 e. The summed E-state index contributed by atoms with van der Waals surface area (Å²) in [7, 11) is 3.16. The average Bonchev–Trinajstić information content (AvgIpc) is 2.29. The minimum atomic E-state index is -0.477. The summed E-state index contributed by atoms with van der Waals surface area (Å²) in [5, 5.41) is 4.01. The number of nitrogens with zero attached hydrogens (tertiary/aromatic N) is 2. The van der Waals surface area contributed by atoms with Crippen molar-refractivity contribution in [1.82, 2.24) is 4.90 Å². The van der Waals surface area contributed by atoms with Crippen molar-refractivity contribution in [2.24, 2.45) is 11.1 Å². The molecule has 0 aromatic rings. The molecular weight excluding hydrogens is 248 g/mol. The van der Waals surface area contributed by atoms with E-state index in [9.17, 15) is 4.79 Å². The molecule has 0 aromatic carbocycles. The molecule has 0 radical (unpaired) electrons. The highest BCUT2D eigenvalue weighted by Crippen LogP contribution is 2.18. The lowest BCUT2D eigenvalue weighted by Gasteiger charge is -2.34. The number of carbonyl (C=O) groups excluding carboxylic acids is 1. The molecule has 1 unspecified atom stereocenters. The van der Waals surface area contributed by atoms with E-state index in [0.29, 0.717) is 26.1 Å². The van der Waals surface area contributed by atoms with E-state index in [0.717, 1.165) is 5.71 Å². The van der Waals surface area contributed by atoms with Crippen molar-refractivity contribution in [3.63, 3.8) is 0 Å². The second-order valence-electron chi connectivity index (χ2n) is 5.59. The predicted octanol–water partition coefficient (Wildman–Crippen LogP) is 1.89. The zero-order chi connectivity index (χ0) is 14.5. The number of piperidine rings is 1. The van der Waals surface area contributed by atoms with Gasteiger partial charge in [-0.25, -0.2) is 4.79 Å². The lowest BCUT2D eigenvalue weighted by Crippen LogP contribution is -2.47. The van der Waals surface area contributed by atoms with Gasteiger partial charge in [-0.3, -0.25) is 0 Å². The normalized spacial score (nSPS) is 22.5. The van der Waals surface area contributed by atoms with E-state index in [2.05, 4.69) is 5.16 Å². The third-order valence-corrected chi connectivity index (χ3v) is 2.78. The molecule has 1 fully saturated rings. The van der Waals surface area contributed by atoms with E-state index >= 15 is 0 Å². The van der Waals surface area contributed by atoms with Crippen LogP contribution < -0.4 is 0 Å². The van der Waals surface area contributed by atoms with E-state index in [4.69, 9.17) is 14.3 Å². The number of hydrogen-bond donors (Lipinski definition) is 0.